The number of hydrogen-bond donors (Lipinski definition) is 0. The molecule has 0 radical (unpaired) electrons. The van der Waals surface area contributed by atoms with Crippen molar-refractivity contribution in [1.82, 2.24) is 0 Å². The second-order valence-electron chi connectivity index (χ2n) is 5.40. The SMILES string of the molecule is O=Cc1cc(CSc2ccccc2)cc(CSc2ccccc2)c1. The Labute approximate surface area is 151 Å². The molecule has 0 atom stereocenters. The maximum absolute atomic E-state index is 11.2. The van der Waals surface area contributed by atoms with Crippen LogP contribution in [-0.4, -0.2) is 6.29 Å². The Hall–Kier alpha value is -1.97. The van der Waals surface area contributed by atoms with Gasteiger partial charge in [0, 0.05) is 26.9 Å². The number of hydrogen-bond acceptors (Lipinski definition) is 3. The molecule has 0 fully saturated rings. The summed E-state index contributed by atoms with van der Waals surface area (Å²) in [6.45, 7) is 0. The molecular weight excluding hydrogens is 332 g/mol. The molecule has 0 aliphatic rings. The fourth-order valence-electron chi connectivity index (χ4n) is 2.39. The van der Waals surface area contributed by atoms with Crippen LogP contribution >= 0.6 is 23.5 Å². The molecule has 0 aliphatic heterocycles. The van der Waals surface area contributed by atoms with Gasteiger partial charge in [0.1, 0.15) is 6.29 Å². The van der Waals surface area contributed by atoms with Crippen LogP contribution in [0.2, 0.25) is 0 Å². The molecule has 0 saturated carbocycles. The summed E-state index contributed by atoms with van der Waals surface area (Å²) in [5, 5.41) is 0. The lowest BCUT2D eigenvalue weighted by Crippen LogP contribution is -1.91. The standard InChI is InChI=1S/C21H18OS2/c22-14-17-11-18(15-23-20-7-3-1-4-8-20)13-19(12-17)16-24-21-9-5-2-6-10-21/h1-14H,15-16H2. The van der Waals surface area contributed by atoms with Crippen LogP contribution in [0.15, 0.2) is 88.7 Å². The van der Waals surface area contributed by atoms with Gasteiger partial charge >= 0.3 is 0 Å². The molecule has 3 aromatic rings. The van der Waals surface area contributed by atoms with E-state index in [1.807, 2.05) is 48.5 Å². The second-order valence-corrected chi connectivity index (χ2v) is 7.50. The van der Waals surface area contributed by atoms with Gasteiger partial charge in [-0.15, -0.1) is 23.5 Å². The fourth-order valence-corrected chi connectivity index (χ4v) is 4.09. The summed E-state index contributed by atoms with van der Waals surface area (Å²) in [4.78, 5) is 13.7. The average Bonchev–Trinajstić information content (AvgIpc) is 2.66. The van der Waals surface area contributed by atoms with E-state index < -0.39 is 0 Å². The Morgan fingerprint density at radius 1 is 0.667 bits per heavy atom. The third-order valence-electron chi connectivity index (χ3n) is 3.51. The molecule has 0 amide bonds. The molecule has 1 nitrogen and oxygen atoms in total. The van der Waals surface area contributed by atoms with E-state index in [-0.39, 0.29) is 0 Å². The van der Waals surface area contributed by atoms with Crippen molar-refractivity contribution in [2.45, 2.75) is 21.3 Å². The molecule has 3 rings (SSSR count). The summed E-state index contributed by atoms with van der Waals surface area (Å²) >= 11 is 3.59. The normalized spacial score (nSPS) is 10.5. The first-order valence-corrected chi connectivity index (χ1v) is 9.74. The van der Waals surface area contributed by atoms with Crippen LogP contribution in [0.5, 0.6) is 0 Å². The minimum absolute atomic E-state index is 0.754. The van der Waals surface area contributed by atoms with E-state index in [0.717, 1.165) is 23.4 Å². The van der Waals surface area contributed by atoms with E-state index in [1.54, 1.807) is 23.5 Å². The van der Waals surface area contributed by atoms with Gasteiger partial charge in [-0.1, -0.05) is 42.5 Å². The highest BCUT2D eigenvalue weighted by molar-refractivity contribution is 7.98. The molecule has 120 valence electrons. The monoisotopic (exact) mass is 350 g/mol. The lowest BCUT2D eigenvalue weighted by atomic mass is 10.1. The molecule has 0 unspecified atom stereocenters. The Kier molecular flexibility index (Phi) is 6.16. The van der Waals surface area contributed by atoms with E-state index in [1.165, 1.54) is 20.9 Å². The van der Waals surface area contributed by atoms with Crippen LogP contribution in [0.3, 0.4) is 0 Å². The first-order valence-electron chi connectivity index (χ1n) is 7.77. The number of benzene rings is 3. The van der Waals surface area contributed by atoms with Gasteiger partial charge in [-0.2, -0.15) is 0 Å². The average molecular weight is 351 g/mol. The van der Waals surface area contributed by atoms with Crippen molar-refractivity contribution in [3.63, 3.8) is 0 Å². The zero-order valence-corrected chi connectivity index (χ0v) is 14.9. The van der Waals surface area contributed by atoms with Gasteiger partial charge in [-0.3, -0.25) is 4.79 Å². The van der Waals surface area contributed by atoms with Crippen molar-refractivity contribution in [2.24, 2.45) is 0 Å². The number of aldehydes is 1. The highest BCUT2D eigenvalue weighted by Crippen LogP contribution is 2.26. The van der Waals surface area contributed by atoms with Crippen molar-refractivity contribution in [2.75, 3.05) is 0 Å². The summed E-state index contributed by atoms with van der Waals surface area (Å²) in [6.07, 6.45) is 0.938. The number of thioether (sulfide) groups is 2. The highest BCUT2D eigenvalue weighted by atomic mass is 32.2. The van der Waals surface area contributed by atoms with Crippen LogP contribution in [0, 0.1) is 0 Å². The van der Waals surface area contributed by atoms with Gasteiger partial charge in [-0.05, 0) is 47.5 Å². The van der Waals surface area contributed by atoms with E-state index in [4.69, 9.17) is 0 Å². The Morgan fingerprint density at radius 3 is 1.54 bits per heavy atom. The predicted octanol–water partition coefficient (Wildman–Crippen LogP) is 6.08. The predicted molar refractivity (Wildman–Crippen MR) is 104 cm³/mol. The van der Waals surface area contributed by atoms with E-state index in [0.29, 0.717) is 0 Å². The molecule has 24 heavy (non-hydrogen) atoms. The molecule has 0 heterocycles. The van der Waals surface area contributed by atoms with Crippen LogP contribution in [0.4, 0.5) is 0 Å². The van der Waals surface area contributed by atoms with E-state index >= 15 is 0 Å². The van der Waals surface area contributed by atoms with Gasteiger partial charge in [0.25, 0.3) is 0 Å². The molecule has 3 heteroatoms. The van der Waals surface area contributed by atoms with Gasteiger partial charge in [0.05, 0.1) is 0 Å². The van der Waals surface area contributed by atoms with Gasteiger partial charge in [0.15, 0.2) is 0 Å². The van der Waals surface area contributed by atoms with Crippen LogP contribution in [-0.2, 0) is 11.5 Å². The zero-order chi connectivity index (χ0) is 16.6. The molecule has 0 N–H and O–H groups in total. The van der Waals surface area contributed by atoms with Gasteiger partial charge in [-0.25, -0.2) is 0 Å². The number of carbonyl (C=O) groups excluding carboxylic acids is 1. The summed E-state index contributed by atoms with van der Waals surface area (Å²) < 4.78 is 0. The summed E-state index contributed by atoms with van der Waals surface area (Å²) in [6, 6.07) is 26.9. The first kappa shape index (κ1) is 16.9. The number of rotatable bonds is 7. The first-order chi connectivity index (χ1) is 11.8. The molecular formula is C21H18OS2. The van der Waals surface area contributed by atoms with Crippen molar-refractivity contribution >= 4 is 29.8 Å². The van der Waals surface area contributed by atoms with Gasteiger partial charge in [0.2, 0.25) is 0 Å². The van der Waals surface area contributed by atoms with Crippen molar-refractivity contribution in [1.29, 1.82) is 0 Å². The molecule has 0 saturated heterocycles. The van der Waals surface area contributed by atoms with Crippen LogP contribution < -0.4 is 0 Å². The third kappa shape index (κ3) is 5.02. The van der Waals surface area contributed by atoms with Crippen molar-refractivity contribution in [3.8, 4) is 0 Å². The molecule has 0 aliphatic carbocycles. The number of carbonyl (C=O) groups is 1. The zero-order valence-electron chi connectivity index (χ0n) is 13.2. The third-order valence-corrected chi connectivity index (χ3v) is 5.67. The maximum atomic E-state index is 11.2. The molecule has 0 bridgehead atoms. The van der Waals surface area contributed by atoms with Crippen molar-refractivity contribution < 1.29 is 4.79 Å². The van der Waals surface area contributed by atoms with Crippen LogP contribution in [0.25, 0.3) is 0 Å². The summed E-state index contributed by atoms with van der Waals surface area (Å²) in [5.41, 5.74) is 3.14. The fraction of sp³-hybridized carbons (Fsp3) is 0.0952. The van der Waals surface area contributed by atoms with Crippen molar-refractivity contribution in [3.05, 3.63) is 95.6 Å². The van der Waals surface area contributed by atoms with Gasteiger partial charge < -0.3 is 0 Å². The van der Waals surface area contributed by atoms with E-state index in [2.05, 4.69) is 30.3 Å². The Bertz CT molecular complexity index is 724. The molecule has 0 spiro atoms. The lowest BCUT2D eigenvalue weighted by molar-refractivity contribution is 0.112. The molecule has 3 aromatic carbocycles. The van der Waals surface area contributed by atoms with E-state index in [9.17, 15) is 4.79 Å². The van der Waals surface area contributed by atoms with Crippen LogP contribution in [0.1, 0.15) is 21.5 Å². The quantitative estimate of drug-likeness (QED) is 0.379. The maximum Gasteiger partial charge on any atom is 0.150 e. The summed E-state index contributed by atoms with van der Waals surface area (Å²) in [5.74, 6) is 1.74. The lowest BCUT2D eigenvalue weighted by Gasteiger charge is -2.08. The minimum Gasteiger partial charge on any atom is -0.298 e. The Balaban J connectivity index is 1.69. The minimum atomic E-state index is 0.754. The smallest absolute Gasteiger partial charge is 0.150 e. The summed E-state index contributed by atoms with van der Waals surface area (Å²) in [7, 11) is 0. The topological polar surface area (TPSA) is 17.1 Å². The largest absolute Gasteiger partial charge is 0.298 e. The molecule has 0 aromatic heterocycles. The Morgan fingerprint density at radius 2 is 1.12 bits per heavy atom. The highest BCUT2D eigenvalue weighted by Gasteiger charge is 2.03. The second kappa shape index (κ2) is 8.76.